The highest BCUT2D eigenvalue weighted by Gasteiger charge is 2.30. The number of hydrogen-bond acceptors (Lipinski definition) is 3. The fourth-order valence-electron chi connectivity index (χ4n) is 1.96. The van der Waals surface area contributed by atoms with E-state index in [1.54, 1.807) is 0 Å². The SMILES string of the molecule is CN1c2cccc(Br)c2NC(=O)C1CCN. The monoisotopic (exact) mass is 283 g/mol. The number of halogens is 1. The number of benzene rings is 1. The minimum absolute atomic E-state index is 0.00681. The Morgan fingerprint density at radius 3 is 3.00 bits per heavy atom. The van der Waals surface area contributed by atoms with Crippen molar-refractivity contribution in [1.82, 2.24) is 0 Å². The molecular formula is C11H14BrN3O. The van der Waals surface area contributed by atoms with E-state index in [1.807, 2.05) is 30.1 Å². The second-order valence-corrected chi connectivity index (χ2v) is 4.68. The van der Waals surface area contributed by atoms with Gasteiger partial charge in [0.15, 0.2) is 0 Å². The number of rotatable bonds is 2. The first-order valence-corrected chi connectivity index (χ1v) is 5.96. The normalized spacial score (nSPS) is 19.3. The van der Waals surface area contributed by atoms with Crippen molar-refractivity contribution in [3.63, 3.8) is 0 Å². The van der Waals surface area contributed by atoms with Crippen molar-refractivity contribution in [1.29, 1.82) is 0 Å². The fraction of sp³-hybridized carbons (Fsp3) is 0.364. The topological polar surface area (TPSA) is 58.4 Å². The van der Waals surface area contributed by atoms with Crippen LogP contribution in [0.15, 0.2) is 22.7 Å². The van der Waals surface area contributed by atoms with Gasteiger partial charge in [-0.1, -0.05) is 6.07 Å². The van der Waals surface area contributed by atoms with Gasteiger partial charge >= 0.3 is 0 Å². The van der Waals surface area contributed by atoms with E-state index in [0.29, 0.717) is 13.0 Å². The van der Waals surface area contributed by atoms with E-state index < -0.39 is 0 Å². The molecule has 1 aromatic rings. The van der Waals surface area contributed by atoms with Crippen LogP contribution in [0.25, 0.3) is 0 Å². The van der Waals surface area contributed by atoms with Crippen molar-refractivity contribution in [3.8, 4) is 0 Å². The van der Waals surface area contributed by atoms with Crippen LogP contribution in [0.5, 0.6) is 0 Å². The molecule has 86 valence electrons. The predicted molar refractivity (Wildman–Crippen MR) is 68.6 cm³/mol. The van der Waals surface area contributed by atoms with Crippen LogP contribution in [0.3, 0.4) is 0 Å². The summed E-state index contributed by atoms with van der Waals surface area (Å²) in [6.45, 7) is 0.506. The van der Waals surface area contributed by atoms with Gasteiger partial charge < -0.3 is 16.0 Å². The highest BCUT2D eigenvalue weighted by atomic mass is 79.9. The Kier molecular flexibility index (Phi) is 3.16. The summed E-state index contributed by atoms with van der Waals surface area (Å²) in [7, 11) is 1.92. The average Bonchev–Trinajstić information content (AvgIpc) is 2.26. The summed E-state index contributed by atoms with van der Waals surface area (Å²) < 4.78 is 0.899. The van der Waals surface area contributed by atoms with Crippen molar-refractivity contribution in [2.75, 3.05) is 23.8 Å². The predicted octanol–water partition coefficient (Wildman–Crippen LogP) is 1.55. The van der Waals surface area contributed by atoms with Crippen LogP contribution in [0.4, 0.5) is 11.4 Å². The molecule has 1 aliphatic heterocycles. The lowest BCUT2D eigenvalue weighted by Gasteiger charge is -2.35. The summed E-state index contributed by atoms with van der Waals surface area (Å²) in [5.41, 5.74) is 7.37. The molecule has 1 unspecified atom stereocenters. The Bertz CT molecular complexity index is 422. The van der Waals surface area contributed by atoms with E-state index in [1.165, 1.54) is 0 Å². The van der Waals surface area contributed by atoms with Crippen LogP contribution in [0, 0.1) is 0 Å². The Hall–Kier alpha value is -1.07. The minimum Gasteiger partial charge on any atom is -0.361 e. The zero-order chi connectivity index (χ0) is 11.7. The number of likely N-dealkylation sites (N-methyl/N-ethyl adjacent to an activating group) is 1. The van der Waals surface area contributed by atoms with Gasteiger partial charge in [0.05, 0.1) is 11.4 Å². The second kappa shape index (κ2) is 4.43. The molecule has 16 heavy (non-hydrogen) atoms. The molecule has 2 rings (SSSR count). The molecule has 4 nitrogen and oxygen atoms in total. The molecule has 1 amide bonds. The highest BCUT2D eigenvalue weighted by Crippen LogP contribution is 2.37. The summed E-state index contributed by atoms with van der Waals surface area (Å²) in [6, 6.07) is 5.68. The zero-order valence-corrected chi connectivity index (χ0v) is 10.6. The van der Waals surface area contributed by atoms with Crippen molar-refractivity contribution in [2.24, 2.45) is 5.73 Å². The zero-order valence-electron chi connectivity index (χ0n) is 9.03. The molecule has 1 aliphatic rings. The number of carbonyl (C=O) groups is 1. The third-order valence-corrected chi connectivity index (χ3v) is 3.49. The summed E-state index contributed by atoms with van der Waals surface area (Å²) in [6.07, 6.45) is 0.661. The smallest absolute Gasteiger partial charge is 0.247 e. The Labute approximate surface area is 103 Å². The summed E-state index contributed by atoms with van der Waals surface area (Å²) in [5, 5.41) is 2.91. The van der Waals surface area contributed by atoms with E-state index in [4.69, 9.17) is 5.73 Å². The number of carbonyl (C=O) groups excluding carboxylic acids is 1. The summed E-state index contributed by atoms with van der Waals surface area (Å²) >= 11 is 3.43. The lowest BCUT2D eigenvalue weighted by Crippen LogP contribution is -2.47. The van der Waals surface area contributed by atoms with E-state index in [9.17, 15) is 4.79 Å². The molecule has 0 saturated heterocycles. The maximum atomic E-state index is 11.9. The van der Waals surface area contributed by atoms with Gasteiger partial charge in [-0.2, -0.15) is 0 Å². The van der Waals surface area contributed by atoms with E-state index >= 15 is 0 Å². The van der Waals surface area contributed by atoms with Gasteiger partial charge in [0.25, 0.3) is 0 Å². The standard InChI is InChI=1S/C11H14BrN3O/c1-15-8-4-2-3-7(12)10(8)14-11(16)9(15)5-6-13/h2-4,9H,5-6,13H2,1H3,(H,14,16). The fourth-order valence-corrected chi connectivity index (χ4v) is 2.42. The maximum Gasteiger partial charge on any atom is 0.247 e. The van der Waals surface area contributed by atoms with Gasteiger partial charge in [-0.05, 0) is 41.0 Å². The number of amides is 1. The molecule has 1 aromatic carbocycles. The minimum atomic E-state index is -0.174. The van der Waals surface area contributed by atoms with Crippen molar-refractivity contribution in [3.05, 3.63) is 22.7 Å². The third kappa shape index (κ3) is 1.81. The average molecular weight is 284 g/mol. The first-order valence-electron chi connectivity index (χ1n) is 5.17. The molecule has 0 bridgehead atoms. The molecule has 0 aliphatic carbocycles. The number of para-hydroxylation sites is 1. The van der Waals surface area contributed by atoms with Crippen LogP contribution < -0.4 is 16.0 Å². The number of hydrogen-bond donors (Lipinski definition) is 2. The molecule has 0 spiro atoms. The van der Waals surface area contributed by atoms with Gasteiger partial charge in [-0.25, -0.2) is 0 Å². The van der Waals surface area contributed by atoms with Crippen LogP contribution in [-0.2, 0) is 4.79 Å². The Balaban J connectivity index is 2.41. The van der Waals surface area contributed by atoms with Crippen molar-refractivity contribution < 1.29 is 4.79 Å². The molecule has 0 radical (unpaired) electrons. The molecule has 3 N–H and O–H groups in total. The first kappa shape index (κ1) is 11.4. The molecular weight excluding hydrogens is 270 g/mol. The largest absolute Gasteiger partial charge is 0.361 e. The van der Waals surface area contributed by atoms with Gasteiger partial charge in [0, 0.05) is 11.5 Å². The Morgan fingerprint density at radius 1 is 1.56 bits per heavy atom. The lowest BCUT2D eigenvalue weighted by atomic mass is 10.1. The van der Waals surface area contributed by atoms with E-state index in [0.717, 1.165) is 15.8 Å². The van der Waals surface area contributed by atoms with Gasteiger partial charge in [0.2, 0.25) is 5.91 Å². The summed E-state index contributed by atoms with van der Waals surface area (Å²) in [4.78, 5) is 13.9. The molecule has 0 fully saturated rings. The van der Waals surface area contributed by atoms with Crippen LogP contribution in [-0.4, -0.2) is 25.5 Å². The number of anilines is 2. The van der Waals surface area contributed by atoms with E-state index in [2.05, 4.69) is 21.2 Å². The molecule has 1 atom stereocenters. The lowest BCUT2D eigenvalue weighted by molar-refractivity contribution is -0.117. The van der Waals surface area contributed by atoms with Crippen molar-refractivity contribution in [2.45, 2.75) is 12.5 Å². The van der Waals surface area contributed by atoms with Gasteiger partial charge in [0.1, 0.15) is 6.04 Å². The van der Waals surface area contributed by atoms with Crippen LogP contribution in [0.1, 0.15) is 6.42 Å². The summed E-state index contributed by atoms with van der Waals surface area (Å²) in [5.74, 6) is 0.00681. The van der Waals surface area contributed by atoms with E-state index in [-0.39, 0.29) is 11.9 Å². The van der Waals surface area contributed by atoms with Gasteiger partial charge in [-0.15, -0.1) is 0 Å². The second-order valence-electron chi connectivity index (χ2n) is 3.83. The van der Waals surface area contributed by atoms with Crippen LogP contribution in [0.2, 0.25) is 0 Å². The Morgan fingerprint density at radius 2 is 2.31 bits per heavy atom. The molecule has 5 heteroatoms. The molecule has 1 heterocycles. The number of nitrogens with zero attached hydrogens (tertiary/aromatic N) is 1. The highest BCUT2D eigenvalue weighted by molar-refractivity contribution is 9.10. The number of nitrogens with two attached hydrogens (primary N) is 1. The number of nitrogens with one attached hydrogen (secondary N) is 1. The first-order chi connectivity index (χ1) is 7.65. The van der Waals surface area contributed by atoms with Crippen molar-refractivity contribution >= 4 is 33.2 Å². The molecule has 0 saturated carbocycles. The third-order valence-electron chi connectivity index (χ3n) is 2.83. The number of fused-ring (bicyclic) bond motifs is 1. The maximum absolute atomic E-state index is 11.9. The molecule has 0 aromatic heterocycles. The quantitative estimate of drug-likeness (QED) is 0.866. The van der Waals surface area contributed by atoms with Crippen LogP contribution >= 0.6 is 15.9 Å². The van der Waals surface area contributed by atoms with Gasteiger partial charge in [-0.3, -0.25) is 4.79 Å².